The molecule has 1 N–H and O–H groups in total. The zero-order chi connectivity index (χ0) is 15.7. The third-order valence-electron chi connectivity index (χ3n) is 3.38. The lowest BCUT2D eigenvalue weighted by atomic mass is 10.1. The summed E-state index contributed by atoms with van der Waals surface area (Å²) in [6.45, 7) is 1.52. The third kappa shape index (κ3) is 2.46. The lowest BCUT2D eigenvalue weighted by Crippen LogP contribution is -2.37. The molecule has 0 spiro atoms. The summed E-state index contributed by atoms with van der Waals surface area (Å²) in [5.41, 5.74) is 2.01. The van der Waals surface area contributed by atoms with E-state index in [4.69, 9.17) is 0 Å². The maximum Gasteiger partial charge on any atom is 0.262 e. The molecule has 0 radical (unpaired) electrons. The molecule has 2 aromatic rings. The van der Waals surface area contributed by atoms with Gasteiger partial charge in [-0.05, 0) is 31.2 Å². The first-order valence-corrected chi connectivity index (χ1v) is 6.74. The number of hydrogen-bond acceptors (Lipinski definition) is 4. The molecule has 0 saturated heterocycles. The Kier molecular flexibility index (Phi) is 3.42. The number of rotatable bonds is 3. The molecule has 0 fully saturated rings. The Hall–Kier alpha value is -3.02. The lowest BCUT2D eigenvalue weighted by molar-refractivity contribution is -0.116. The molecular formula is C16H13N3O3. The molecule has 0 bridgehead atoms. The van der Waals surface area contributed by atoms with E-state index < -0.39 is 17.7 Å². The van der Waals surface area contributed by atoms with Gasteiger partial charge in [-0.1, -0.05) is 12.1 Å². The highest BCUT2D eigenvalue weighted by Crippen LogP contribution is 2.22. The van der Waals surface area contributed by atoms with Crippen molar-refractivity contribution >= 4 is 23.4 Å². The van der Waals surface area contributed by atoms with Crippen LogP contribution in [0.5, 0.6) is 0 Å². The van der Waals surface area contributed by atoms with Gasteiger partial charge in [0.1, 0.15) is 6.54 Å². The van der Waals surface area contributed by atoms with E-state index in [0.717, 1.165) is 10.6 Å². The number of pyridine rings is 1. The summed E-state index contributed by atoms with van der Waals surface area (Å²) in [5, 5.41) is 2.62. The van der Waals surface area contributed by atoms with Gasteiger partial charge in [-0.25, -0.2) is 0 Å². The summed E-state index contributed by atoms with van der Waals surface area (Å²) in [6.07, 6.45) is 1.52. The number of amides is 3. The fourth-order valence-electron chi connectivity index (χ4n) is 2.27. The second-order valence-electron chi connectivity index (χ2n) is 4.98. The van der Waals surface area contributed by atoms with Crippen LogP contribution in [0.4, 0.5) is 5.69 Å². The second-order valence-corrected chi connectivity index (χ2v) is 4.98. The van der Waals surface area contributed by atoms with E-state index in [0.29, 0.717) is 16.8 Å². The van der Waals surface area contributed by atoms with Crippen LogP contribution in [-0.2, 0) is 4.79 Å². The zero-order valence-corrected chi connectivity index (χ0v) is 11.9. The van der Waals surface area contributed by atoms with Crippen molar-refractivity contribution in [2.24, 2.45) is 0 Å². The van der Waals surface area contributed by atoms with E-state index in [1.54, 1.807) is 36.4 Å². The van der Waals surface area contributed by atoms with Crippen molar-refractivity contribution in [2.45, 2.75) is 6.92 Å². The minimum atomic E-state index is -0.446. The van der Waals surface area contributed by atoms with Crippen LogP contribution in [0.25, 0.3) is 0 Å². The highest BCUT2D eigenvalue weighted by molar-refractivity contribution is 6.22. The van der Waals surface area contributed by atoms with E-state index in [2.05, 4.69) is 10.3 Å². The Morgan fingerprint density at radius 3 is 2.27 bits per heavy atom. The van der Waals surface area contributed by atoms with Crippen LogP contribution in [0.15, 0.2) is 42.6 Å². The van der Waals surface area contributed by atoms with Crippen molar-refractivity contribution in [1.29, 1.82) is 0 Å². The van der Waals surface area contributed by atoms with Crippen LogP contribution in [0.3, 0.4) is 0 Å². The predicted molar refractivity (Wildman–Crippen MR) is 79.4 cm³/mol. The van der Waals surface area contributed by atoms with Crippen molar-refractivity contribution in [3.8, 4) is 0 Å². The van der Waals surface area contributed by atoms with Gasteiger partial charge < -0.3 is 5.32 Å². The van der Waals surface area contributed by atoms with Crippen LogP contribution in [0, 0.1) is 6.92 Å². The fraction of sp³-hybridized carbons (Fsp3) is 0.125. The van der Waals surface area contributed by atoms with E-state index in [-0.39, 0.29) is 6.54 Å². The number of aromatic nitrogens is 1. The van der Waals surface area contributed by atoms with E-state index >= 15 is 0 Å². The number of nitrogens with zero attached hydrogens (tertiary/aromatic N) is 2. The van der Waals surface area contributed by atoms with Gasteiger partial charge in [0.05, 0.1) is 23.0 Å². The van der Waals surface area contributed by atoms with Gasteiger partial charge in [0, 0.05) is 5.69 Å². The average molecular weight is 295 g/mol. The van der Waals surface area contributed by atoms with Crippen LogP contribution in [-0.4, -0.2) is 34.2 Å². The minimum absolute atomic E-state index is 0.319. The van der Waals surface area contributed by atoms with E-state index in [1.807, 2.05) is 6.92 Å². The molecule has 0 unspecified atom stereocenters. The molecule has 1 aromatic heterocycles. The number of nitrogens with one attached hydrogen (secondary N) is 1. The molecule has 0 atom stereocenters. The molecule has 110 valence electrons. The number of fused-ring (bicyclic) bond motifs is 1. The van der Waals surface area contributed by atoms with Gasteiger partial charge in [0.2, 0.25) is 5.91 Å². The molecule has 6 nitrogen and oxygen atoms in total. The summed E-state index contributed by atoms with van der Waals surface area (Å²) >= 11 is 0. The number of anilines is 1. The molecule has 0 aliphatic carbocycles. The lowest BCUT2D eigenvalue weighted by Gasteiger charge is -2.13. The molecule has 22 heavy (non-hydrogen) atoms. The Balaban J connectivity index is 1.71. The van der Waals surface area contributed by atoms with Crippen molar-refractivity contribution in [3.63, 3.8) is 0 Å². The van der Waals surface area contributed by atoms with Gasteiger partial charge in [0.25, 0.3) is 11.8 Å². The third-order valence-corrected chi connectivity index (χ3v) is 3.38. The first kappa shape index (κ1) is 13.9. The summed E-state index contributed by atoms with van der Waals surface area (Å²) < 4.78 is 0. The van der Waals surface area contributed by atoms with Gasteiger partial charge in [-0.15, -0.1) is 0 Å². The molecule has 2 heterocycles. The Bertz CT molecular complexity index is 733. The molecule has 1 aromatic carbocycles. The standard InChI is InChI=1S/C16H13N3O3/c1-10-6-7-11(8-17-10)18-14(20)9-19-15(21)12-4-2-3-5-13(12)16(19)22/h2-8H,9H2,1H3,(H,18,20). The molecule has 1 aliphatic rings. The van der Waals surface area contributed by atoms with E-state index in [9.17, 15) is 14.4 Å². The first-order chi connectivity index (χ1) is 10.6. The molecule has 6 heteroatoms. The summed E-state index contributed by atoms with van der Waals surface area (Å²) in [5.74, 6) is -1.34. The SMILES string of the molecule is Cc1ccc(NC(=O)CN2C(=O)c3ccccc3C2=O)cn1. The van der Waals surface area contributed by atoms with Crippen LogP contribution in [0.2, 0.25) is 0 Å². The number of aryl methyl sites for hydroxylation is 1. The number of imide groups is 1. The Morgan fingerprint density at radius 2 is 1.73 bits per heavy atom. The van der Waals surface area contributed by atoms with Gasteiger partial charge >= 0.3 is 0 Å². The average Bonchev–Trinajstić information content (AvgIpc) is 2.75. The zero-order valence-electron chi connectivity index (χ0n) is 11.9. The van der Waals surface area contributed by atoms with Crippen LogP contribution >= 0.6 is 0 Å². The molecular weight excluding hydrogens is 282 g/mol. The highest BCUT2D eigenvalue weighted by atomic mass is 16.2. The molecule has 0 saturated carbocycles. The number of carbonyl (C=O) groups excluding carboxylic acids is 3. The van der Waals surface area contributed by atoms with Crippen molar-refractivity contribution in [1.82, 2.24) is 9.88 Å². The maximum atomic E-state index is 12.2. The van der Waals surface area contributed by atoms with Gasteiger partial charge in [-0.3, -0.25) is 24.3 Å². The minimum Gasteiger partial charge on any atom is -0.323 e. The molecule has 3 rings (SSSR count). The topological polar surface area (TPSA) is 79.4 Å². The molecule has 1 aliphatic heterocycles. The van der Waals surface area contributed by atoms with Gasteiger partial charge in [0.15, 0.2) is 0 Å². The van der Waals surface area contributed by atoms with Gasteiger partial charge in [-0.2, -0.15) is 0 Å². The smallest absolute Gasteiger partial charge is 0.262 e. The van der Waals surface area contributed by atoms with Crippen molar-refractivity contribution in [2.75, 3.05) is 11.9 Å². The van der Waals surface area contributed by atoms with Crippen LogP contribution in [0.1, 0.15) is 26.4 Å². The monoisotopic (exact) mass is 295 g/mol. The number of hydrogen-bond donors (Lipinski definition) is 1. The number of benzene rings is 1. The quantitative estimate of drug-likeness (QED) is 0.873. The van der Waals surface area contributed by atoms with Crippen molar-refractivity contribution < 1.29 is 14.4 Å². The summed E-state index contributed by atoms with van der Waals surface area (Å²) in [6, 6.07) is 10.0. The summed E-state index contributed by atoms with van der Waals surface area (Å²) in [7, 11) is 0. The van der Waals surface area contributed by atoms with Crippen LogP contribution < -0.4 is 5.32 Å². The number of carbonyl (C=O) groups is 3. The summed E-state index contributed by atoms with van der Waals surface area (Å²) in [4.78, 5) is 41.3. The fourth-order valence-corrected chi connectivity index (χ4v) is 2.27. The van der Waals surface area contributed by atoms with Crippen molar-refractivity contribution in [3.05, 3.63) is 59.4 Å². The first-order valence-electron chi connectivity index (χ1n) is 6.74. The second kappa shape index (κ2) is 5.40. The molecule has 3 amide bonds. The largest absolute Gasteiger partial charge is 0.323 e. The highest BCUT2D eigenvalue weighted by Gasteiger charge is 2.36. The predicted octanol–water partition coefficient (Wildman–Crippen LogP) is 1.62. The normalized spacial score (nSPS) is 13.2. The Morgan fingerprint density at radius 1 is 1.09 bits per heavy atom. The maximum absolute atomic E-state index is 12.2. The van der Waals surface area contributed by atoms with E-state index in [1.165, 1.54) is 6.20 Å². The Labute approximate surface area is 126 Å².